The van der Waals surface area contributed by atoms with Crippen molar-refractivity contribution in [2.75, 3.05) is 5.01 Å². The normalized spacial score (nSPS) is 17.1. The largest absolute Gasteiger partial charge is 0.431 e. The van der Waals surface area contributed by atoms with Crippen LogP contribution in [0.15, 0.2) is 78.2 Å². The van der Waals surface area contributed by atoms with E-state index in [0.717, 1.165) is 16.1 Å². The Balaban J connectivity index is 1.79. The zero-order valence-corrected chi connectivity index (χ0v) is 17.9. The zero-order chi connectivity index (χ0) is 24.7. The average Bonchev–Trinajstić information content (AvgIpc) is 3.23. The summed E-state index contributed by atoms with van der Waals surface area (Å²) in [5.74, 6) is 0. The van der Waals surface area contributed by atoms with E-state index in [0.29, 0.717) is 5.56 Å². The van der Waals surface area contributed by atoms with Crippen molar-refractivity contribution in [3.05, 3.63) is 83.6 Å². The van der Waals surface area contributed by atoms with Crippen molar-refractivity contribution in [2.45, 2.75) is 30.4 Å². The molecule has 0 radical (unpaired) electrons. The van der Waals surface area contributed by atoms with Crippen LogP contribution in [-0.4, -0.2) is 33.8 Å². The van der Waals surface area contributed by atoms with Gasteiger partial charge >= 0.3 is 12.4 Å². The molecule has 178 valence electrons. The minimum Gasteiger partial charge on any atom is -0.369 e. The molecule has 0 saturated heterocycles. The first-order chi connectivity index (χ1) is 15.9. The van der Waals surface area contributed by atoms with Crippen molar-refractivity contribution in [1.29, 1.82) is 0 Å². The van der Waals surface area contributed by atoms with Crippen LogP contribution in [0, 0.1) is 0 Å². The number of aliphatic hydroxyl groups is 1. The van der Waals surface area contributed by atoms with Crippen LogP contribution in [0.5, 0.6) is 0 Å². The fourth-order valence-electron chi connectivity index (χ4n) is 3.77. The molecule has 1 atom stereocenters. The van der Waals surface area contributed by atoms with E-state index in [9.17, 15) is 31.4 Å². The fraction of sp³-hybridized carbons (Fsp3) is 0.217. The molecule has 0 amide bonds. The molecule has 4 nitrogen and oxygen atoms in total. The molecule has 4 rings (SSSR count). The van der Waals surface area contributed by atoms with Crippen LogP contribution < -0.4 is 5.01 Å². The van der Waals surface area contributed by atoms with Crippen LogP contribution >= 0.6 is 11.6 Å². The smallest absolute Gasteiger partial charge is 0.369 e. The summed E-state index contributed by atoms with van der Waals surface area (Å²) in [4.78, 5) is 4.02. The number of anilines is 1. The molecule has 0 fully saturated rings. The molecule has 2 heterocycles. The van der Waals surface area contributed by atoms with E-state index < -0.39 is 36.1 Å². The Bertz CT molecular complexity index is 1180. The third-order valence-corrected chi connectivity index (χ3v) is 5.86. The van der Waals surface area contributed by atoms with Crippen LogP contribution in [0.3, 0.4) is 0 Å². The Kier molecular flexibility index (Phi) is 6.07. The van der Waals surface area contributed by atoms with Crippen LogP contribution in [0.2, 0.25) is 5.02 Å². The lowest BCUT2D eigenvalue weighted by Crippen LogP contribution is -2.62. The van der Waals surface area contributed by atoms with Gasteiger partial charge in [0.25, 0.3) is 5.60 Å². The zero-order valence-electron chi connectivity index (χ0n) is 17.1. The summed E-state index contributed by atoms with van der Waals surface area (Å²) in [6.45, 7) is 0. The number of hydrogen-bond acceptors (Lipinski definition) is 4. The van der Waals surface area contributed by atoms with Gasteiger partial charge in [-0.2, -0.15) is 31.4 Å². The highest BCUT2D eigenvalue weighted by Crippen LogP contribution is 2.49. The number of benzene rings is 2. The average molecular weight is 500 g/mol. The molecule has 0 saturated carbocycles. The number of rotatable bonds is 4. The van der Waals surface area contributed by atoms with E-state index in [4.69, 9.17) is 11.6 Å². The number of aromatic nitrogens is 1. The third kappa shape index (κ3) is 4.12. The number of hydrogen-bond donors (Lipinski definition) is 1. The highest BCUT2D eigenvalue weighted by atomic mass is 35.5. The second-order valence-corrected chi connectivity index (χ2v) is 8.04. The minimum atomic E-state index is -6.03. The predicted molar refractivity (Wildman–Crippen MR) is 115 cm³/mol. The van der Waals surface area contributed by atoms with Gasteiger partial charge in [-0.25, -0.2) is 0 Å². The number of pyridine rings is 1. The number of hydrazone groups is 1. The van der Waals surface area contributed by atoms with Gasteiger partial charge in [0.2, 0.25) is 0 Å². The summed E-state index contributed by atoms with van der Waals surface area (Å²) in [5, 5.41) is 14.6. The maximum atomic E-state index is 13.5. The van der Waals surface area contributed by atoms with Gasteiger partial charge in [0.1, 0.15) is 0 Å². The van der Waals surface area contributed by atoms with Crippen molar-refractivity contribution in [2.24, 2.45) is 5.10 Å². The Morgan fingerprint density at radius 1 is 0.853 bits per heavy atom. The summed E-state index contributed by atoms with van der Waals surface area (Å²) < 4.78 is 81.2. The standard InChI is InChI=1S/C23H16ClF6N3O/c24-17-5-1-2-6-18(17)33-19(12-20(32-33)21(34,22(25,26)27)23(28,29)30)15-9-7-14(8-10-15)16-4-3-11-31-13-16/h1-11,13,19,34H,12H2. The van der Waals surface area contributed by atoms with Gasteiger partial charge in [0, 0.05) is 18.8 Å². The minimum absolute atomic E-state index is 0.0760. The molecule has 1 unspecified atom stereocenters. The molecule has 1 aromatic heterocycles. The summed E-state index contributed by atoms with van der Waals surface area (Å²) in [6.07, 6.45) is -9.68. The quantitative estimate of drug-likeness (QED) is 0.413. The van der Waals surface area contributed by atoms with E-state index >= 15 is 0 Å². The first kappa shape index (κ1) is 24.0. The molecule has 11 heteroatoms. The lowest BCUT2D eigenvalue weighted by Gasteiger charge is -2.32. The first-order valence-electron chi connectivity index (χ1n) is 9.91. The number of nitrogens with zero attached hydrogens (tertiary/aromatic N) is 3. The molecule has 0 spiro atoms. The van der Waals surface area contributed by atoms with Crippen molar-refractivity contribution in [1.82, 2.24) is 4.98 Å². The van der Waals surface area contributed by atoms with E-state index in [1.165, 1.54) is 18.2 Å². The SMILES string of the molecule is OC(C1=NN(c2ccccc2Cl)C(c2ccc(-c3cccnc3)cc2)C1)(C(F)(F)F)C(F)(F)F. The predicted octanol–water partition coefficient (Wildman–Crippen LogP) is 6.57. The molecule has 1 N–H and O–H groups in total. The lowest BCUT2D eigenvalue weighted by molar-refractivity contribution is -0.338. The van der Waals surface area contributed by atoms with Gasteiger partial charge in [-0.3, -0.25) is 9.99 Å². The third-order valence-electron chi connectivity index (χ3n) is 5.54. The summed E-state index contributed by atoms with van der Waals surface area (Å²) in [7, 11) is 0. The van der Waals surface area contributed by atoms with Gasteiger partial charge < -0.3 is 5.11 Å². The Labute approximate surface area is 195 Å². The van der Waals surface area contributed by atoms with Gasteiger partial charge in [-0.1, -0.05) is 54.1 Å². The van der Waals surface area contributed by atoms with Gasteiger partial charge in [0.15, 0.2) is 0 Å². The second-order valence-electron chi connectivity index (χ2n) is 7.63. The topological polar surface area (TPSA) is 48.7 Å². The van der Waals surface area contributed by atoms with E-state index in [-0.39, 0.29) is 10.7 Å². The van der Waals surface area contributed by atoms with Gasteiger partial charge in [0.05, 0.1) is 22.5 Å². The number of alkyl halides is 6. The lowest BCUT2D eigenvalue weighted by atomic mass is 9.89. The van der Waals surface area contributed by atoms with E-state index in [1.54, 1.807) is 48.8 Å². The Hall–Kier alpha value is -3.11. The van der Waals surface area contributed by atoms with Crippen LogP contribution in [0.25, 0.3) is 11.1 Å². The fourth-order valence-corrected chi connectivity index (χ4v) is 3.99. The molecule has 1 aliphatic heterocycles. The van der Waals surface area contributed by atoms with Crippen molar-refractivity contribution < 1.29 is 31.4 Å². The summed E-state index contributed by atoms with van der Waals surface area (Å²) in [6, 6.07) is 14.9. The van der Waals surface area contributed by atoms with Crippen LogP contribution in [0.4, 0.5) is 32.0 Å². The van der Waals surface area contributed by atoms with Crippen molar-refractivity contribution >= 4 is 23.0 Å². The molecule has 3 aromatic rings. The first-order valence-corrected chi connectivity index (χ1v) is 10.3. The second kappa shape index (κ2) is 8.59. The van der Waals surface area contributed by atoms with E-state index in [2.05, 4.69) is 10.1 Å². The highest BCUT2D eigenvalue weighted by molar-refractivity contribution is 6.33. The summed E-state index contributed by atoms with van der Waals surface area (Å²) >= 11 is 6.18. The van der Waals surface area contributed by atoms with Crippen molar-refractivity contribution in [3.63, 3.8) is 0 Å². The monoisotopic (exact) mass is 499 g/mol. The van der Waals surface area contributed by atoms with Gasteiger partial charge in [-0.15, -0.1) is 0 Å². The molecular weight excluding hydrogens is 484 g/mol. The Morgan fingerprint density at radius 3 is 2.06 bits per heavy atom. The van der Waals surface area contributed by atoms with Crippen molar-refractivity contribution in [3.8, 4) is 11.1 Å². The Morgan fingerprint density at radius 2 is 1.50 bits per heavy atom. The molecule has 34 heavy (non-hydrogen) atoms. The number of halogens is 7. The highest BCUT2D eigenvalue weighted by Gasteiger charge is 2.74. The molecule has 0 aliphatic carbocycles. The molecular formula is C23H16ClF6N3O. The molecule has 2 aromatic carbocycles. The van der Waals surface area contributed by atoms with E-state index in [1.807, 2.05) is 6.07 Å². The maximum absolute atomic E-state index is 13.5. The number of para-hydroxylation sites is 1. The molecule has 1 aliphatic rings. The maximum Gasteiger partial charge on any atom is 0.431 e. The van der Waals surface area contributed by atoms with Crippen LogP contribution in [0.1, 0.15) is 18.0 Å². The summed E-state index contributed by atoms with van der Waals surface area (Å²) in [5.41, 5.74) is -4.55. The molecule has 0 bridgehead atoms. The van der Waals surface area contributed by atoms with Crippen LogP contribution in [-0.2, 0) is 0 Å². The van der Waals surface area contributed by atoms with Gasteiger partial charge in [-0.05, 0) is 34.9 Å².